The van der Waals surface area contributed by atoms with Crippen molar-refractivity contribution >= 4 is 22.6 Å². The van der Waals surface area contributed by atoms with E-state index in [1.807, 2.05) is 37.6 Å². The van der Waals surface area contributed by atoms with Crippen LogP contribution in [0.1, 0.15) is 30.2 Å². The minimum absolute atomic E-state index is 0.194. The Balaban J connectivity index is 1.62. The second-order valence-electron chi connectivity index (χ2n) is 6.61. The van der Waals surface area contributed by atoms with Crippen molar-refractivity contribution in [3.05, 3.63) is 54.9 Å². The van der Waals surface area contributed by atoms with Crippen LogP contribution in [0.4, 0.5) is 5.82 Å². The van der Waals surface area contributed by atoms with E-state index in [1.54, 1.807) is 41.9 Å². The summed E-state index contributed by atoms with van der Waals surface area (Å²) >= 11 is 0. The number of aryl methyl sites for hydroxylation is 1. The number of nitrogens with one attached hydrogen (secondary N) is 1. The van der Waals surface area contributed by atoms with E-state index < -0.39 is 0 Å². The van der Waals surface area contributed by atoms with E-state index >= 15 is 0 Å². The molecule has 1 amide bonds. The van der Waals surface area contributed by atoms with Crippen molar-refractivity contribution in [3.8, 4) is 11.4 Å². The van der Waals surface area contributed by atoms with Crippen molar-refractivity contribution in [1.82, 2.24) is 29.3 Å². The highest BCUT2D eigenvalue weighted by molar-refractivity contribution is 6.04. The predicted octanol–water partition coefficient (Wildman–Crippen LogP) is 3.06. The number of anilines is 1. The van der Waals surface area contributed by atoms with Gasteiger partial charge in [0.25, 0.3) is 5.91 Å². The molecule has 0 aromatic carbocycles. The van der Waals surface area contributed by atoms with Gasteiger partial charge in [0.15, 0.2) is 0 Å². The molecule has 0 aliphatic heterocycles. The average Bonchev–Trinajstić information content (AvgIpc) is 3.30. The number of hydrogen-bond acceptors (Lipinski definition) is 5. The third kappa shape index (κ3) is 3.29. The molecule has 0 bridgehead atoms. The molecule has 4 heterocycles. The van der Waals surface area contributed by atoms with E-state index in [9.17, 15) is 4.79 Å². The van der Waals surface area contributed by atoms with Crippen molar-refractivity contribution < 1.29 is 4.79 Å². The fraction of sp³-hybridized carbons (Fsp3) is 0.211. The van der Waals surface area contributed by atoms with Crippen molar-refractivity contribution in [2.75, 3.05) is 5.32 Å². The van der Waals surface area contributed by atoms with Gasteiger partial charge >= 0.3 is 0 Å². The molecule has 0 aliphatic carbocycles. The summed E-state index contributed by atoms with van der Waals surface area (Å²) in [7, 11) is 1.92. The molecule has 4 rings (SSSR count). The molecule has 4 aromatic rings. The second-order valence-corrected chi connectivity index (χ2v) is 6.61. The summed E-state index contributed by atoms with van der Waals surface area (Å²) in [6, 6.07) is 5.84. The Morgan fingerprint density at radius 2 is 2.04 bits per heavy atom. The van der Waals surface area contributed by atoms with Crippen LogP contribution in [0, 0.1) is 0 Å². The first kappa shape index (κ1) is 16.9. The summed E-state index contributed by atoms with van der Waals surface area (Å²) < 4.78 is 3.65. The Kier molecular flexibility index (Phi) is 4.15. The van der Waals surface area contributed by atoms with Gasteiger partial charge in [-0.05, 0) is 26.0 Å². The highest BCUT2D eigenvalue weighted by Gasteiger charge is 2.12. The quantitative estimate of drug-likeness (QED) is 0.603. The fourth-order valence-corrected chi connectivity index (χ4v) is 2.76. The van der Waals surface area contributed by atoms with Crippen molar-refractivity contribution in [1.29, 1.82) is 0 Å². The number of carbonyl (C=O) groups is 1. The molecule has 136 valence electrons. The maximum absolute atomic E-state index is 12.4. The monoisotopic (exact) mass is 361 g/mol. The van der Waals surface area contributed by atoms with Crippen LogP contribution in [0.2, 0.25) is 0 Å². The molecule has 27 heavy (non-hydrogen) atoms. The van der Waals surface area contributed by atoms with Crippen LogP contribution in [0.25, 0.3) is 22.3 Å². The molecular weight excluding hydrogens is 342 g/mol. The van der Waals surface area contributed by atoms with Gasteiger partial charge in [-0.3, -0.25) is 9.48 Å². The molecule has 8 nitrogen and oxygen atoms in total. The minimum atomic E-state index is -0.253. The zero-order chi connectivity index (χ0) is 19.0. The number of imidazole rings is 1. The molecular formula is C19H19N7O. The van der Waals surface area contributed by atoms with Gasteiger partial charge in [-0.25, -0.2) is 15.0 Å². The number of pyridine rings is 2. The molecule has 8 heteroatoms. The van der Waals surface area contributed by atoms with E-state index in [1.165, 1.54) is 0 Å². The molecule has 0 unspecified atom stereocenters. The van der Waals surface area contributed by atoms with E-state index in [0.29, 0.717) is 11.4 Å². The normalized spacial score (nSPS) is 11.3. The maximum atomic E-state index is 12.4. The van der Waals surface area contributed by atoms with E-state index in [4.69, 9.17) is 0 Å². The van der Waals surface area contributed by atoms with E-state index in [-0.39, 0.29) is 11.9 Å². The minimum Gasteiger partial charge on any atom is -0.332 e. The Morgan fingerprint density at radius 3 is 2.74 bits per heavy atom. The maximum Gasteiger partial charge on any atom is 0.260 e. The number of hydrogen-bond donors (Lipinski definition) is 1. The second kappa shape index (κ2) is 6.64. The van der Waals surface area contributed by atoms with Crippen LogP contribution in [0.5, 0.6) is 0 Å². The summed E-state index contributed by atoms with van der Waals surface area (Å²) in [6.07, 6.45) is 8.47. The molecule has 1 N–H and O–H groups in total. The number of amides is 1. The van der Waals surface area contributed by atoms with Gasteiger partial charge in [0, 0.05) is 36.9 Å². The first-order valence-corrected chi connectivity index (χ1v) is 8.60. The molecule has 0 radical (unpaired) electrons. The first-order chi connectivity index (χ1) is 13.0. The Morgan fingerprint density at radius 1 is 1.19 bits per heavy atom. The van der Waals surface area contributed by atoms with E-state index in [0.717, 1.165) is 22.3 Å². The van der Waals surface area contributed by atoms with Gasteiger partial charge < -0.3 is 9.88 Å². The number of rotatable bonds is 4. The van der Waals surface area contributed by atoms with Gasteiger partial charge in [0.2, 0.25) is 0 Å². The molecule has 0 fully saturated rings. The summed E-state index contributed by atoms with van der Waals surface area (Å²) in [5.74, 6) is 0.191. The van der Waals surface area contributed by atoms with Gasteiger partial charge in [-0.2, -0.15) is 5.10 Å². The Labute approximate surface area is 155 Å². The summed E-state index contributed by atoms with van der Waals surface area (Å²) in [5, 5.41) is 7.89. The van der Waals surface area contributed by atoms with Crippen LogP contribution in [-0.4, -0.2) is 35.2 Å². The van der Waals surface area contributed by atoms with Gasteiger partial charge in [0.1, 0.15) is 5.82 Å². The highest BCUT2D eigenvalue weighted by Crippen LogP contribution is 2.21. The number of fused-ring (bicyclic) bond motifs is 1. The molecule has 4 aromatic heterocycles. The van der Waals surface area contributed by atoms with Crippen molar-refractivity contribution in [2.45, 2.75) is 19.9 Å². The van der Waals surface area contributed by atoms with Crippen LogP contribution in [0.15, 0.2) is 49.3 Å². The lowest BCUT2D eigenvalue weighted by atomic mass is 10.2. The standard InChI is InChI=1S/C19H19N7O/c1-12(2)26-10-14(8-22-26)19(27)24-18-6-16-13(7-21-18)4-5-15(23-16)17-9-20-11-25(17)3/h4-12H,1-3H3,(H,21,24,27). The smallest absolute Gasteiger partial charge is 0.260 e. The number of carbonyl (C=O) groups excluding carboxylic acids is 1. The number of aromatic nitrogens is 6. The SMILES string of the molecule is CC(C)n1cc(C(=O)Nc2cc3nc(-c4cncn4C)ccc3cn2)cn1. The Hall–Kier alpha value is -3.55. The molecule has 0 aliphatic rings. The zero-order valence-electron chi connectivity index (χ0n) is 15.3. The zero-order valence-corrected chi connectivity index (χ0v) is 15.3. The third-order valence-corrected chi connectivity index (χ3v) is 4.29. The lowest BCUT2D eigenvalue weighted by molar-refractivity contribution is 0.102. The molecule has 0 spiro atoms. The van der Waals surface area contributed by atoms with Crippen molar-refractivity contribution in [3.63, 3.8) is 0 Å². The lowest BCUT2D eigenvalue weighted by Gasteiger charge is -2.06. The first-order valence-electron chi connectivity index (χ1n) is 8.60. The van der Waals surface area contributed by atoms with Crippen molar-refractivity contribution in [2.24, 2.45) is 7.05 Å². The predicted molar refractivity (Wildman–Crippen MR) is 102 cm³/mol. The average molecular weight is 361 g/mol. The van der Waals surface area contributed by atoms with E-state index in [2.05, 4.69) is 25.4 Å². The lowest BCUT2D eigenvalue weighted by Crippen LogP contribution is -2.12. The summed E-state index contributed by atoms with van der Waals surface area (Å²) in [5.41, 5.74) is 2.96. The summed E-state index contributed by atoms with van der Waals surface area (Å²) in [4.78, 5) is 25.6. The van der Waals surface area contributed by atoms with Gasteiger partial charge in [-0.15, -0.1) is 0 Å². The number of nitrogens with zero attached hydrogens (tertiary/aromatic N) is 6. The molecule has 0 saturated carbocycles. The fourth-order valence-electron chi connectivity index (χ4n) is 2.76. The van der Waals surface area contributed by atoms with Gasteiger partial charge in [-0.1, -0.05) is 0 Å². The largest absolute Gasteiger partial charge is 0.332 e. The van der Waals surface area contributed by atoms with Gasteiger partial charge in [0.05, 0.1) is 41.2 Å². The Bertz CT molecular complexity index is 1130. The highest BCUT2D eigenvalue weighted by atomic mass is 16.1. The molecule has 0 saturated heterocycles. The topological polar surface area (TPSA) is 90.5 Å². The molecule has 0 atom stereocenters. The van der Waals surface area contributed by atoms with Crippen LogP contribution in [-0.2, 0) is 7.05 Å². The van der Waals surface area contributed by atoms with Crippen LogP contribution >= 0.6 is 0 Å². The van der Waals surface area contributed by atoms with Crippen LogP contribution < -0.4 is 5.32 Å². The third-order valence-electron chi connectivity index (χ3n) is 4.29. The summed E-state index contributed by atoms with van der Waals surface area (Å²) in [6.45, 7) is 4.01. The van der Waals surface area contributed by atoms with Crippen LogP contribution in [0.3, 0.4) is 0 Å².